The van der Waals surface area contributed by atoms with E-state index in [2.05, 4.69) is 5.32 Å². The van der Waals surface area contributed by atoms with Gasteiger partial charge in [-0.15, -0.1) is 12.4 Å². The van der Waals surface area contributed by atoms with Gasteiger partial charge in [0.2, 0.25) is 10.0 Å². The highest BCUT2D eigenvalue weighted by atomic mass is 35.5. The van der Waals surface area contributed by atoms with E-state index in [4.69, 9.17) is 16.3 Å². The molecule has 0 aromatic heterocycles. The van der Waals surface area contributed by atoms with Gasteiger partial charge in [-0.1, -0.05) is 18.5 Å². The second kappa shape index (κ2) is 9.73. The van der Waals surface area contributed by atoms with Crippen molar-refractivity contribution < 1.29 is 17.9 Å². The van der Waals surface area contributed by atoms with Crippen LogP contribution < -0.4 is 5.32 Å². The Morgan fingerprint density at radius 2 is 2.00 bits per heavy atom. The van der Waals surface area contributed by atoms with Crippen LogP contribution in [0.4, 0.5) is 0 Å². The lowest BCUT2D eigenvalue weighted by atomic mass is 10.1. The standard InChI is InChI=1S/C16H23ClN2O4S.ClH/c1-3-10-19(13-6-8-18-9-7-13)24(21,22)15-11-12(17)4-5-14(15)16(20)23-2;/h4-5,11,13,18H,3,6-10H2,1-2H3;1H. The number of sulfonamides is 1. The van der Waals surface area contributed by atoms with Crippen LogP contribution in [0.25, 0.3) is 0 Å². The van der Waals surface area contributed by atoms with Gasteiger partial charge in [-0.2, -0.15) is 4.31 Å². The number of ether oxygens (including phenoxy) is 1. The summed E-state index contributed by atoms with van der Waals surface area (Å²) >= 11 is 5.99. The summed E-state index contributed by atoms with van der Waals surface area (Å²) < 4.78 is 32.7. The van der Waals surface area contributed by atoms with Crippen LogP contribution >= 0.6 is 24.0 Å². The van der Waals surface area contributed by atoms with Gasteiger partial charge in [-0.3, -0.25) is 0 Å². The number of carbonyl (C=O) groups excluding carboxylic acids is 1. The molecular formula is C16H24Cl2N2O4S. The van der Waals surface area contributed by atoms with Gasteiger partial charge in [0.1, 0.15) is 0 Å². The highest BCUT2D eigenvalue weighted by molar-refractivity contribution is 7.89. The topological polar surface area (TPSA) is 75.7 Å². The lowest BCUT2D eigenvalue weighted by molar-refractivity contribution is 0.0596. The van der Waals surface area contributed by atoms with Crippen LogP contribution in [0, 0.1) is 0 Å². The third-order valence-corrected chi connectivity index (χ3v) is 6.32. The molecule has 1 aliphatic rings. The van der Waals surface area contributed by atoms with Crippen LogP contribution in [0.3, 0.4) is 0 Å². The summed E-state index contributed by atoms with van der Waals surface area (Å²) in [6.07, 6.45) is 2.18. The van der Waals surface area contributed by atoms with Crippen molar-refractivity contribution in [2.45, 2.75) is 37.1 Å². The number of esters is 1. The van der Waals surface area contributed by atoms with Crippen molar-refractivity contribution in [2.75, 3.05) is 26.7 Å². The number of carbonyl (C=O) groups is 1. The number of nitrogens with zero attached hydrogens (tertiary/aromatic N) is 1. The predicted octanol–water partition coefficient (Wildman–Crippen LogP) is 2.70. The number of rotatable bonds is 6. The molecule has 0 unspecified atom stereocenters. The van der Waals surface area contributed by atoms with E-state index in [0.717, 1.165) is 25.9 Å². The van der Waals surface area contributed by atoms with Crippen LogP contribution in [0.15, 0.2) is 23.1 Å². The summed E-state index contributed by atoms with van der Waals surface area (Å²) in [6.45, 7) is 3.89. The van der Waals surface area contributed by atoms with Crippen molar-refractivity contribution in [1.29, 1.82) is 0 Å². The van der Waals surface area contributed by atoms with Crippen LogP contribution in [0.5, 0.6) is 0 Å². The fourth-order valence-corrected chi connectivity index (χ4v) is 5.15. The van der Waals surface area contributed by atoms with Gasteiger partial charge in [0, 0.05) is 17.6 Å². The lowest BCUT2D eigenvalue weighted by Gasteiger charge is -2.34. The lowest BCUT2D eigenvalue weighted by Crippen LogP contribution is -2.46. The summed E-state index contributed by atoms with van der Waals surface area (Å²) in [5, 5.41) is 3.50. The number of halogens is 2. The molecule has 1 N–H and O–H groups in total. The Kier molecular flexibility index (Phi) is 8.63. The van der Waals surface area contributed by atoms with Crippen molar-refractivity contribution in [1.82, 2.24) is 9.62 Å². The molecule has 1 heterocycles. The quantitative estimate of drug-likeness (QED) is 0.729. The number of benzene rings is 1. The third-order valence-electron chi connectivity index (χ3n) is 4.10. The molecule has 1 saturated heterocycles. The maximum Gasteiger partial charge on any atom is 0.339 e. The smallest absolute Gasteiger partial charge is 0.339 e. The largest absolute Gasteiger partial charge is 0.465 e. The minimum atomic E-state index is -3.85. The molecule has 2 rings (SSSR count). The molecule has 1 fully saturated rings. The zero-order valence-corrected chi connectivity index (χ0v) is 16.7. The number of hydrogen-bond acceptors (Lipinski definition) is 5. The Balaban J connectivity index is 0.00000312. The maximum atomic E-state index is 13.3. The van der Waals surface area contributed by atoms with Crippen LogP contribution in [0.1, 0.15) is 36.5 Å². The number of piperidine rings is 1. The van der Waals surface area contributed by atoms with E-state index in [1.54, 1.807) is 0 Å². The number of methoxy groups -OCH3 is 1. The van der Waals surface area contributed by atoms with E-state index >= 15 is 0 Å². The predicted molar refractivity (Wildman–Crippen MR) is 100 cm³/mol. The zero-order chi connectivity index (χ0) is 17.7. The molecule has 0 atom stereocenters. The Hall–Kier alpha value is -0.860. The fraction of sp³-hybridized carbons (Fsp3) is 0.562. The first-order valence-electron chi connectivity index (χ1n) is 8.02. The summed E-state index contributed by atoms with van der Waals surface area (Å²) in [4.78, 5) is 11.9. The fourth-order valence-electron chi connectivity index (χ4n) is 2.93. The van der Waals surface area contributed by atoms with Crippen LogP contribution in [-0.4, -0.2) is 51.5 Å². The molecule has 0 bridgehead atoms. The third kappa shape index (κ3) is 5.08. The molecule has 1 aromatic rings. The van der Waals surface area contributed by atoms with Crippen LogP contribution in [0.2, 0.25) is 5.02 Å². The average Bonchev–Trinajstić information content (AvgIpc) is 2.59. The Morgan fingerprint density at radius 1 is 1.36 bits per heavy atom. The minimum absolute atomic E-state index is 0. The van der Waals surface area contributed by atoms with Gasteiger partial charge >= 0.3 is 5.97 Å². The molecule has 0 saturated carbocycles. The van der Waals surface area contributed by atoms with Crippen molar-refractivity contribution in [3.63, 3.8) is 0 Å². The van der Waals surface area contributed by atoms with E-state index in [1.807, 2.05) is 6.92 Å². The molecular weight excluding hydrogens is 387 g/mol. The summed E-state index contributed by atoms with van der Waals surface area (Å²) in [5.41, 5.74) is 0.0111. The molecule has 1 aromatic carbocycles. The Bertz CT molecular complexity index is 691. The molecule has 9 heteroatoms. The molecule has 142 valence electrons. The van der Waals surface area contributed by atoms with E-state index in [9.17, 15) is 13.2 Å². The SMILES string of the molecule is CCCN(C1CCNCC1)S(=O)(=O)c1cc(Cl)ccc1C(=O)OC.Cl. The van der Waals surface area contributed by atoms with Crippen LogP contribution in [-0.2, 0) is 14.8 Å². The van der Waals surface area contributed by atoms with Crippen molar-refractivity contribution in [3.05, 3.63) is 28.8 Å². The maximum absolute atomic E-state index is 13.3. The Labute approximate surface area is 160 Å². The normalized spacial score (nSPS) is 15.7. The average molecular weight is 411 g/mol. The first-order valence-corrected chi connectivity index (χ1v) is 9.84. The highest BCUT2D eigenvalue weighted by Gasteiger charge is 2.34. The van der Waals surface area contributed by atoms with E-state index in [1.165, 1.54) is 29.6 Å². The van der Waals surface area contributed by atoms with Gasteiger partial charge < -0.3 is 10.1 Å². The molecule has 0 radical (unpaired) electrons. The van der Waals surface area contributed by atoms with Crippen molar-refractivity contribution in [2.24, 2.45) is 0 Å². The van der Waals surface area contributed by atoms with E-state index in [-0.39, 0.29) is 33.9 Å². The molecule has 0 aliphatic carbocycles. The van der Waals surface area contributed by atoms with Crippen molar-refractivity contribution in [3.8, 4) is 0 Å². The molecule has 0 amide bonds. The summed E-state index contributed by atoms with van der Waals surface area (Å²) in [6, 6.07) is 4.13. The van der Waals surface area contributed by atoms with Gasteiger partial charge in [0.05, 0.1) is 17.6 Å². The summed E-state index contributed by atoms with van der Waals surface area (Å²) in [5.74, 6) is -0.688. The van der Waals surface area contributed by atoms with E-state index in [0.29, 0.717) is 13.0 Å². The Morgan fingerprint density at radius 3 is 2.56 bits per heavy atom. The number of hydrogen-bond donors (Lipinski definition) is 1. The molecule has 0 spiro atoms. The van der Waals surface area contributed by atoms with Gasteiger partial charge in [-0.05, 0) is 50.6 Å². The first kappa shape index (κ1) is 22.2. The van der Waals surface area contributed by atoms with Gasteiger partial charge in [0.25, 0.3) is 0 Å². The number of nitrogens with one attached hydrogen (secondary N) is 1. The monoisotopic (exact) mass is 410 g/mol. The molecule has 1 aliphatic heterocycles. The second-order valence-electron chi connectivity index (χ2n) is 5.73. The minimum Gasteiger partial charge on any atom is -0.465 e. The van der Waals surface area contributed by atoms with Crippen molar-refractivity contribution >= 4 is 40.0 Å². The zero-order valence-electron chi connectivity index (χ0n) is 14.3. The summed E-state index contributed by atoms with van der Waals surface area (Å²) in [7, 11) is -2.62. The first-order chi connectivity index (χ1) is 11.4. The highest BCUT2D eigenvalue weighted by Crippen LogP contribution is 2.28. The van der Waals surface area contributed by atoms with Gasteiger partial charge in [0.15, 0.2) is 0 Å². The molecule has 25 heavy (non-hydrogen) atoms. The van der Waals surface area contributed by atoms with E-state index < -0.39 is 16.0 Å². The second-order valence-corrected chi connectivity index (χ2v) is 8.02. The molecule has 6 nitrogen and oxygen atoms in total. The van der Waals surface area contributed by atoms with Gasteiger partial charge in [-0.25, -0.2) is 13.2 Å².